The number of aliphatic hydroxyl groups is 2. The first-order valence-electron chi connectivity index (χ1n) is 24.6. The normalized spacial score (nSPS) is 16.5. The molecule has 1 aromatic heterocycles. The molecule has 2 aromatic rings. The van der Waals surface area contributed by atoms with Gasteiger partial charge in [-0.05, 0) is 18.9 Å². The van der Waals surface area contributed by atoms with Crippen LogP contribution in [0.5, 0.6) is 0 Å². The Kier molecular flexibility index (Phi) is 30.9. The van der Waals surface area contributed by atoms with Crippen molar-refractivity contribution in [2.75, 3.05) is 85.2 Å². The van der Waals surface area contributed by atoms with Gasteiger partial charge in [-0.25, -0.2) is 9.78 Å². The molecule has 6 amide bonds. The Hall–Kier alpha value is -6.85. The third kappa shape index (κ3) is 25.5. The number of nitrogens with zero attached hydrogens (tertiary/aromatic N) is 5. The molecule has 1 aliphatic rings. The fourth-order valence-electron chi connectivity index (χ4n) is 8.01. The van der Waals surface area contributed by atoms with E-state index in [-0.39, 0.29) is 111 Å². The zero-order valence-electron chi connectivity index (χ0n) is 43.2. The van der Waals surface area contributed by atoms with Crippen molar-refractivity contribution in [3.05, 3.63) is 54.1 Å². The Balaban J connectivity index is 0.0000219. The van der Waals surface area contributed by atoms with Gasteiger partial charge in [0.05, 0.1) is 49.8 Å². The topological polar surface area (TPSA) is 492 Å². The Bertz CT molecular complexity index is 2390. The number of aromatic nitrogens is 2. The van der Waals surface area contributed by atoms with Gasteiger partial charge >= 0.3 is 51.9 Å². The summed E-state index contributed by atoms with van der Waals surface area (Å²) in [5.41, 5.74) is 0.755. The maximum atomic E-state index is 13.8. The minimum absolute atomic E-state index is 0. The van der Waals surface area contributed by atoms with Crippen LogP contribution >= 0.6 is 0 Å². The van der Waals surface area contributed by atoms with Gasteiger partial charge in [-0.15, -0.1) is 0 Å². The molecule has 33 heteroatoms. The average Bonchev–Trinajstić information content (AvgIpc) is 3.89. The van der Waals surface area contributed by atoms with E-state index < -0.39 is 166 Å². The van der Waals surface area contributed by atoms with Gasteiger partial charge in [0.1, 0.15) is 36.3 Å². The van der Waals surface area contributed by atoms with Crippen LogP contribution in [-0.4, -0.2) is 249 Å². The molecule has 80 heavy (non-hydrogen) atoms. The Morgan fingerprint density at radius 3 is 1.49 bits per heavy atom. The Morgan fingerprint density at radius 2 is 1.04 bits per heavy atom. The van der Waals surface area contributed by atoms with Crippen molar-refractivity contribution in [1.29, 1.82) is 0 Å². The summed E-state index contributed by atoms with van der Waals surface area (Å²) in [6.07, 6.45) is -0.335. The molecule has 441 valence electrons. The van der Waals surface area contributed by atoms with Crippen molar-refractivity contribution in [1.82, 2.24) is 61.5 Å². The summed E-state index contributed by atoms with van der Waals surface area (Å²) >= 11 is 0. The summed E-state index contributed by atoms with van der Waals surface area (Å²) in [6.45, 7) is -3.64. The molecule has 32 nitrogen and oxygen atoms in total. The van der Waals surface area contributed by atoms with E-state index >= 15 is 0 Å². The van der Waals surface area contributed by atoms with E-state index in [9.17, 15) is 98.4 Å². The molecule has 11 N–H and O–H groups in total. The van der Waals surface area contributed by atoms with Gasteiger partial charge in [0, 0.05) is 109 Å². The first-order chi connectivity index (χ1) is 37.4. The Morgan fingerprint density at radius 1 is 0.588 bits per heavy atom. The van der Waals surface area contributed by atoms with E-state index in [0.29, 0.717) is 5.56 Å². The van der Waals surface area contributed by atoms with Gasteiger partial charge in [0.15, 0.2) is 0 Å². The van der Waals surface area contributed by atoms with Crippen LogP contribution in [0, 0.1) is 39.9 Å². The van der Waals surface area contributed by atoms with Crippen molar-refractivity contribution >= 4 is 71.3 Å². The maximum Gasteiger partial charge on any atom is 3.00 e. The maximum absolute atomic E-state index is 13.8. The average molecular weight is 1270 g/mol. The minimum atomic E-state index is -1.89. The molecule has 7 atom stereocenters. The number of benzene rings is 1. The van der Waals surface area contributed by atoms with Crippen LogP contribution in [-0.2, 0) is 70.4 Å². The molecule has 3 rings (SSSR count). The standard InChI is InChI=1S/C47H68N12O20.Gd/c1-27(41(71)52-31(18-29-20-48-26-49-29)44(74)54-33(24-60)45(75)53-30(17-28-5-3-2-4-6-28)43(73)55-34(25-61)46(76)77)50-42(72)32(19-37(63)64)51-36(62)8-7-35(47(78)79)59-15-13-57(22-39(67)68)11-9-56(21-38(65)66)10-12-58(14-16-59)23-40(69)70;/h2-6,20,26-27,30-35,60-61H,7-19,21-25H2,1H3,(H,48,49)(H,50,72)(H,51,62)(H,52,71)(H,53,75)(H,54,74)(H,55,73)(H,63,64)(H,65,66)(H,67,68)(H,69,70)(H,76,77)(H,78,79);/q;+3/p-4/t27-,30-,31-,32-,33-,34-,35?;/m0./s1. The van der Waals surface area contributed by atoms with Crippen LogP contribution in [0.1, 0.15) is 37.4 Å². The van der Waals surface area contributed by atoms with Crippen molar-refractivity contribution in [3.63, 3.8) is 0 Å². The predicted molar refractivity (Wildman–Crippen MR) is 258 cm³/mol. The molecule has 0 spiro atoms. The molecule has 1 aromatic carbocycles. The number of imidazole rings is 1. The molecular formula is C47H64GdN12O20-. The number of H-pyrrole nitrogens is 1. The van der Waals surface area contributed by atoms with Crippen LogP contribution in [0.2, 0.25) is 0 Å². The van der Waals surface area contributed by atoms with Crippen molar-refractivity contribution in [2.45, 2.75) is 81.3 Å². The zero-order chi connectivity index (χ0) is 58.8. The summed E-state index contributed by atoms with van der Waals surface area (Å²) in [4.78, 5) is 164. The number of carboxylic acids is 6. The molecule has 1 saturated heterocycles. The molecule has 0 bridgehead atoms. The predicted octanol–water partition coefficient (Wildman–Crippen LogP) is -12.0. The quantitative estimate of drug-likeness (QED) is 0.0334. The van der Waals surface area contributed by atoms with E-state index in [1.54, 1.807) is 30.3 Å². The minimum Gasteiger partial charge on any atom is -0.549 e. The molecule has 0 saturated carbocycles. The summed E-state index contributed by atoms with van der Waals surface area (Å²) in [5, 5.41) is 99.4. The van der Waals surface area contributed by atoms with Crippen LogP contribution in [0.4, 0.5) is 0 Å². The number of rotatable bonds is 31. The van der Waals surface area contributed by atoms with Gasteiger partial charge in [-0.2, -0.15) is 0 Å². The van der Waals surface area contributed by atoms with Crippen molar-refractivity contribution in [2.24, 2.45) is 0 Å². The van der Waals surface area contributed by atoms with E-state index in [0.717, 1.165) is 6.92 Å². The first-order valence-corrected chi connectivity index (χ1v) is 24.6. The number of carboxylic acid groups (broad SMARTS) is 6. The van der Waals surface area contributed by atoms with Gasteiger partial charge in [-0.3, -0.25) is 53.2 Å². The van der Waals surface area contributed by atoms with Crippen LogP contribution in [0.15, 0.2) is 42.9 Å². The zero-order valence-corrected chi connectivity index (χ0v) is 45.5. The largest absolute Gasteiger partial charge is 3.00 e. The van der Waals surface area contributed by atoms with Crippen LogP contribution in [0.25, 0.3) is 0 Å². The molecule has 0 aliphatic carbocycles. The summed E-state index contributed by atoms with van der Waals surface area (Å²) in [5.74, 6) is -16.0. The van der Waals surface area contributed by atoms with Gasteiger partial charge in [0.2, 0.25) is 35.4 Å². The second-order valence-electron chi connectivity index (χ2n) is 18.2. The number of carbonyl (C=O) groups is 12. The number of nitrogens with one attached hydrogen (secondary N) is 7. The smallest absolute Gasteiger partial charge is 0.549 e. The van der Waals surface area contributed by atoms with E-state index in [1.165, 1.54) is 32.1 Å². The number of aliphatic hydroxyl groups excluding tert-OH is 2. The summed E-state index contributed by atoms with van der Waals surface area (Å²) in [6, 6.07) is -3.67. The number of amides is 6. The SMILES string of the molecule is C[C@H](NC(=O)[C@H](CC(=O)O)NC(=O)CCC(C(=O)[O-])N1CCN(CC(=O)[O-])CCN(CC(=O)[O-])CCN(CC(=O)[O-])CC1)C(=O)N[C@@H](Cc1cnc[nH]1)C(=O)N[C@@H](CO)C(=O)N[C@@H](Cc1ccccc1)C(=O)N[C@@H](CO)C(=O)O.[Gd+3]. The van der Waals surface area contributed by atoms with Crippen molar-refractivity contribution < 1.29 is 138 Å². The first kappa shape index (κ1) is 69.3. The fourth-order valence-corrected chi connectivity index (χ4v) is 8.01. The van der Waals surface area contributed by atoms with Crippen LogP contribution < -0.4 is 52.3 Å². The van der Waals surface area contributed by atoms with Crippen LogP contribution in [0.3, 0.4) is 0 Å². The van der Waals surface area contributed by atoms with E-state index in [2.05, 4.69) is 41.9 Å². The molecule has 1 radical (unpaired) electrons. The molecular weight excluding hydrogens is 1210 g/mol. The van der Waals surface area contributed by atoms with Gasteiger partial charge in [0.25, 0.3) is 0 Å². The molecule has 2 heterocycles. The number of aromatic amines is 1. The number of hydrogen-bond donors (Lipinski definition) is 11. The fraction of sp³-hybridized carbons (Fsp3) is 0.553. The second-order valence-corrected chi connectivity index (χ2v) is 18.2. The molecule has 1 aliphatic heterocycles. The monoisotopic (exact) mass is 1270 g/mol. The molecule has 1 unspecified atom stereocenters. The third-order valence-electron chi connectivity index (χ3n) is 12.2. The second kappa shape index (κ2) is 35.7. The van der Waals surface area contributed by atoms with Gasteiger partial charge < -0.3 is 96.9 Å². The van der Waals surface area contributed by atoms with E-state index in [1.807, 2.05) is 0 Å². The molecule has 1 fully saturated rings. The summed E-state index contributed by atoms with van der Waals surface area (Å²) < 4.78 is 0. The van der Waals surface area contributed by atoms with Gasteiger partial charge in [-0.1, -0.05) is 30.3 Å². The third-order valence-corrected chi connectivity index (χ3v) is 12.2. The van der Waals surface area contributed by atoms with E-state index in [4.69, 9.17) is 0 Å². The Labute approximate surface area is 489 Å². The number of carbonyl (C=O) groups excluding carboxylic acids is 10. The van der Waals surface area contributed by atoms with Crippen molar-refractivity contribution in [3.8, 4) is 0 Å². The number of hydrogen-bond acceptors (Lipinski definition) is 23. The summed E-state index contributed by atoms with van der Waals surface area (Å²) in [7, 11) is 0. The number of aliphatic carboxylic acids is 6.